The van der Waals surface area contributed by atoms with Crippen LogP contribution < -0.4 is 5.32 Å². The summed E-state index contributed by atoms with van der Waals surface area (Å²) in [5, 5.41) is 4.42. The topological polar surface area (TPSA) is 38.3 Å². The number of hydrogen-bond donors (Lipinski definition) is 1. The van der Waals surface area contributed by atoms with E-state index in [1.165, 1.54) is 7.11 Å². The van der Waals surface area contributed by atoms with E-state index in [-0.39, 0.29) is 12.0 Å². The summed E-state index contributed by atoms with van der Waals surface area (Å²) in [5.41, 5.74) is 1.07. The average Bonchev–Trinajstić information content (AvgIpc) is 2.37. The molecule has 1 N–H and O–H groups in total. The molecule has 0 aromatic heterocycles. The minimum atomic E-state index is -0.181. The van der Waals surface area contributed by atoms with E-state index < -0.39 is 0 Å². The molecule has 0 aliphatic heterocycles. The van der Waals surface area contributed by atoms with Crippen molar-refractivity contribution in [1.29, 1.82) is 0 Å². The molecule has 1 unspecified atom stereocenters. The highest BCUT2D eigenvalue weighted by molar-refractivity contribution is 6.42. The predicted molar refractivity (Wildman–Crippen MR) is 74.1 cm³/mol. The van der Waals surface area contributed by atoms with Crippen molar-refractivity contribution >= 4 is 29.2 Å². The summed E-state index contributed by atoms with van der Waals surface area (Å²) in [5.74, 6) is -0.181. The lowest BCUT2D eigenvalue weighted by molar-refractivity contribution is -0.140. The van der Waals surface area contributed by atoms with E-state index in [2.05, 4.69) is 10.1 Å². The summed E-state index contributed by atoms with van der Waals surface area (Å²) in [6, 6.07) is 5.73. The zero-order valence-electron chi connectivity index (χ0n) is 10.5. The third-order valence-electron chi connectivity index (χ3n) is 2.68. The quantitative estimate of drug-likeness (QED) is 0.642. The Hall–Kier alpha value is -0.770. The number of nitrogens with one attached hydrogen (secondary N) is 1. The molecule has 0 heterocycles. The third-order valence-corrected chi connectivity index (χ3v) is 3.42. The highest BCUT2D eigenvalue weighted by Gasteiger charge is 2.07. The molecule has 0 radical (unpaired) electrons. The molecule has 0 amide bonds. The van der Waals surface area contributed by atoms with E-state index >= 15 is 0 Å². The van der Waals surface area contributed by atoms with Crippen LogP contribution in [-0.4, -0.2) is 19.6 Å². The van der Waals surface area contributed by atoms with Crippen LogP contribution in [0.5, 0.6) is 0 Å². The van der Waals surface area contributed by atoms with Crippen molar-refractivity contribution in [3.8, 4) is 0 Å². The van der Waals surface area contributed by atoms with Crippen LogP contribution in [-0.2, 0) is 9.53 Å². The van der Waals surface area contributed by atoms with Gasteiger partial charge in [-0.3, -0.25) is 4.79 Å². The smallest absolute Gasteiger partial charge is 0.305 e. The molecule has 100 valence electrons. The largest absolute Gasteiger partial charge is 0.469 e. The highest BCUT2D eigenvalue weighted by atomic mass is 35.5. The van der Waals surface area contributed by atoms with Gasteiger partial charge in [0.2, 0.25) is 0 Å². The molecule has 1 aromatic rings. The van der Waals surface area contributed by atoms with Crippen LogP contribution in [0.4, 0.5) is 0 Å². The summed E-state index contributed by atoms with van der Waals surface area (Å²) in [4.78, 5) is 10.9. The molecule has 0 saturated heterocycles. The molecule has 0 bridgehead atoms. The third kappa shape index (κ3) is 4.84. The van der Waals surface area contributed by atoms with Gasteiger partial charge in [0.05, 0.1) is 17.2 Å². The Labute approximate surface area is 117 Å². The monoisotopic (exact) mass is 289 g/mol. The van der Waals surface area contributed by atoms with Crippen LogP contribution in [0, 0.1) is 0 Å². The van der Waals surface area contributed by atoms with Crippen molar-refractivity contribution in [2.75, 3.05) is 13.7 Å². The Kier molecular flexibility index (Phi) is 6.47. The number of halogens is 2. The van der Waals surface area contributed by atoms with Gasteiger partial charge in [0.25, 0.3) is 0 Å². The second-order valence-corrected chi connectivity index (χ2v) is 4.84. The van der Waals surface area contributed by atoms with Gasteiger partial charge in [-0.15, -0.1) is 0 Å². The number of hydrogen-bond acceptors (Lipinski definition) is 3. The minimum Gasteiger partial charge on any atom is -0.469 e. The Balaban J connectivity index is 2.38. The maximum absolute atomic E-state index is 10.9. The molecule has 1 rings (SSSR count). The molecule has 5 heteroatoms. The van der Waals surface area contributed by atoms with Crippen LogP contribution in [0.3, 0.4) is 0 Å². The summed E-state index contributed by atoms with van der Waals surface area (Å²) in [7, 11) is 1.40. The normalized spacial score (nSPS) is 12.2. The number of esters is 1. The van der Waals surface area contributed by atoms with Crippen LogP contribution in [0.25, 0.3) is 0 Å². The fourth-order valence-corrected chi connectivity index (χ4v) is 1.86. The first kappa shape index (κ1) is 15.3. The fourth-order valence-electron chi connectivity index (χ4n) is 1.55. The standard InChI is InChI=1S/C13H17Cl2NO2/c1-9(16-7-3-4-13(17)18-2)10-5-6-11(14)12(15)8-10/h5-6,8-9,16H,3-4,7H2,1-2H3. The highest BCUT2D eigenvalue weighted by Crippen LogP contribution is 2.25. The maximum Gasteiger partial charge on any atom is 0.305 e. The molecular weight excluding hydrogens is 273 g/mol. The zero-order valence-corrected chi connectivity index (χ0v) is 12.0. The fraction of sp³-hybridized carbons (Fsp3) is 0.462. The van der Waals surface area contributed by atoms with E-state index in [4.69, 9.17) is 23.2 Å². The molecule has 18 heavy (non-hydrogen) atoms. The SMILES string of the molecule is COC(=O)CCCNC(C)c1ccc(Cl)c(Cl)c1. The molecule has 0 saturated carbocycles. The Morgan fingerprint density at radius 3 is 2.72 bits per heavy atom. The molecule has 1 atom stereocenters. The van der Waals surface area contributed by atoms with Gasteiger partial charge in [0.1, 0.15) is 0 Å². The van der Waals surface area contributed by atoms with Crippen molar-refractivity contribution in [3.63, 3.8) is 0 Å². The van der Waals surface area contributed by atoms with Gasteiger partial charge in [0.15, 0.2) is 0 Å². The lowest BCUT2D eigenvalue weighted by Gasteiger charge is -2.14. The lowest BCUT2D eigenvalue weighted by Crippen LogP contribution is -2.20. The molecule has 0 spiro atoms. The van der Waals surface area contributed by atoms with E-state index in [0.717, 1.165) is 18.5 Å². The maximum atomic E-state index is 10.9. The molecule has 0 aliphatic rings. The second-order valence-electron chi connectivity index (χ2n) is 4.03. The van der Waals surface area contributed by atoms with Crippen molar-refractivity contribution < 1.29 is 9.53 Å². The number of carbonyl (C=O) groups excluding carboxylic acids is 1. The van der Waals surface area contributed by atoms with Gasteiger partial charge >= 0.3 is 5.97 Å². The first-order valence-corrected chi connectivity index (χ1v) is 6.55. The van der Waals surface area contributed by atoms with Gasteiger partial charge in [-0.2, -0.15) is 0 Å². The second kappa shape index (κ2) is 7.62. The number of rotatable bonds is 6. The molecule has 3 nitrogen and oxygen atoms in total. The first-order valence-electron chi connectivity index (χ1n) is 5.79. The predicted octanol–water partition coefficient (Wildman–Crippen LogP) is 3.60. The van der Waals surface area contributed by atoms with Crippen LogP contribution in [0.1, 0.15) is 31.4 Å². The van der Waals surface area contributed by atoms with E-state index in [9.17, 15) is 4.79 Å². The lowest BCUT2D eigenvalue weighted by atomic mass is 10.1. The summed E-state index contributed by atoms with van der Waals surface area (Å²) in [6.45, 7) is 2.79. The van der Waals surface area contributed by atoms with Crippen LogP contribution >= 0.6 is 23.2 Å². The Bertz CT molecular complexity index is 410. The van der Waals surface area contributed by atoms with Crippen molar-refractivity contribution in [3.05, 3.63) is 33.8 Å². The number of benzene rings is 1. The van der Waals surface area contributed by atoms with Gasteiger partial charge in [0, 0.05) is 12.5 Å². The molecule has 0 fully saturated rings. The van der Waals surface area contributed by atoms with Gasteiger partial charge in [-0.05, 0) is 37.6 Å². The Morgan fingerprint density at radius 1 is 1.39 bits per heavy atom. The van der Waals surface area contributed by atoms with E-state index in [1.807, 2.05) is 19.1 Å². The van der Waals surface area contributed by atoms with Crippen LogP contribution in [0.2, 0.25) is 10.0 Å². The Morgan fingerprint density at radius 2 is 2.11 bits per heavy atom. The van der Waals surface area contributed by atoms with Crippen molar-refractivity contribution in [2.24, 2.45) is 0 Å². The van der Waals surface area contributed by atoms with Crippen molar-refractivity contribution in [1.82, 2.24) is 5.32 Å². The summed E-state index contributed by atoms with van der Waals surface area (Å²) in [6.07, 6.45) is 1.18. The number of methoxy groups -OCH3 is 1. The number of ether oxygens (including phenoxy) is 1. The number of carbonyl (C=O) groups is 1. The van der Waals surface area contributed by atoms with Crippen molar-refractivity contribution in [2.45, 2.75) is 25.8 Å². The molecule has 0 aliphatic carbocycles. The summed E-state index contributed by atoms with van der Waals surface area (Å²) < 4.78 is 4.57. The average molecular weight is 290 g/mol. The minimum absolute atomic E-state index is 0.164. The first-order chi connectivity index (χ1) is 8.54. The van der Waals surface area contributed by atoms with Gasteiger partial charge in [-0.25, -0.2) is 0 Å². The van der Waals surface area contributed by atoms with Gasteiger partial charge in [-0.1, -0.05) is 29.3 Å². The van der Waals surface area contributed by atoms with E-state index in [0.29, 0.717) is 16.5 Å². The van der Waals surface area contributed by atoms with E-state index in [1.54, 1.807) is 6.07 Å². The summed E-state index contributed by atoms with van der Waals surface area (Å²) >= 11 is 11.8. The van der Waals surface area contributed by atoms with Gasteiger partial charge < -0.3 is 10.1 Å². The van der Waals surface area contributed by atoms with Crippen LogP contribution in [0.15, 0.2) is 18.2 Å². The molecule has 1 aromatic carbocycles. The zero-order chi connectivity index (χ0) is 13.5. The molecular formula is C13H17Cl2NO2.